The SMILES string of the molecule is CCOC1CC(CC(NC)c2cccc(OC)c2)C1. The Labute approximate surface area is 116 Å². The van der Waals surface area contributed by atoms with Crippen molar-refractivity contribution in [3.05, 3.63) is 29.8 Å². The fourth-order valence-corrected chi connectivity index (χ4v) is 2.85. The standard InChI is InChI=1S/C16H25NO2/c1-4-19-15-8-12(9-15)10-16(17-2)13-6-5-7-14(11-13)18-3/h5-7,11-12,15-17H,4,8-10H2,1-3H3. The summed E-state index contributed by atoms with van der Waals surface area (Å²) in [5, 5.41) is 3.42. The van der Waals surface area contributed by atoms with Crippen molar-refractivity contribution in [2.75, 3.05) is 20.8 Å². The summed E-state index contributed by atoms with van der Waals surface area (Å²) < 4.78 is 10.9. The third-order valence-corrected chi connectivity index (χ3v) is 4.01. The Hall–Kier alpha value is -1.06. The second kappa shape index (κ2) is 6.92. The summed E-state index contributed by atoms with van der Waals surface area (Å²) >= 11 is 0. The monoisotopic (exact) mass is 263 g/mol. The highest BCUT2D eigenvalue weighted by Gasteiger charge is 2.31. The largest absolute Gasteiger partial charge is 0.497 e. The fourth-order valence-electron chi connectivity index (χ4n) is 2.85. The van der Waals surface area contributed by atoms with Crippen LogP contribution in [-0.4, -0.2) is 26.9 Å². The van der Waals surface area contributed by atoms with Crippen molar-refractivity contribution in [1.29, 1.82) is 0 Å². The topological polar surface area (TPSA) is 30.5 Å². The fraction of sp³-hybridized carbons (Fsp3) is 0.625. The minimum absolute atomic E-state index is 0.405. The van der Waals surface area contributed by atoms with Crippen molar-refractivity contribution in [3.63, 3.8) is 0 Å². The van der Waals surface area contributed by atoms with Crippen LogP contribution in [0, 0.1) is 5.92 Å². The lowest BCUT2D eigenvalue weighted by atomic mass is 9.77. The molecule has 1 saturated carbocycles. The molecule has 0 radical (unpaired) electrons. The molecule has 0 bridgehead atoms. The second-order valence-electron chi connectivity index (χ2n) is 5.27. The molecule has 1 N–H and O–H groups in total. The molecule has 0 heterocycles. The quantitative estimate of drug-likeness (QED) is 0.819. The average Bonchev–Trinajstić information content (AvgIpc) is 2.41. The van der Waals surface area contributed by atoms with E-state index >= 15 is 0 Å². The first kappa shape index (κ1) is 14.4. The molecule has 1 atom stereocenters. The summed E-state index contributed by atoms with van der Waals surface area (Å²) in [6, 6.07) is 8.75. The van der Waals surface area contributed by atoms with Gasteiger partial charge in [0.2, 0.25) is 0 Å². The number of ether oxygens (including phenoxy) is 2. The zero-order valence-electron chi connectivity index (χ0n) is 12.2. The molecule has 0 aromatic heterocycles. The number of benzene rings is 1. The number of hydrogen-bond acceptors (Lipinski definition) is 3. The molecule has 0 saturated heterocycles. The number of methoxy groups -OCH3 is 1. The maximum Gasteiger partial charge on any atom is 0.119 e. The summed E-state index contributed by atoms with van der Waals surface area (Å²) in [4.78, 5) is 0. The van der Waals surface area contributed by atoms with E-state index in [9.17, 15) is 0 Å². The van der Waals surface area contributed by atoms with Crippen LogP contribution in [-0.2, 0) is 4.74 Å². The van der Waals surface area contributed by atoms with E-state index < -0.39 is 0 Å². The van der Waals surface area contributed by atoms with Crippen LogP contribution in [0.4, 0.5) is 0 Å². The van der Waals surface area contributed by atoms with Crippen molar-refractivity contribution < 1.29 is 9.47 Å². The predicted octanol–water partition coefficient (Wildman–Crippen LogP) is 3.16. The Balaban J connectivity index is 1.90. The lowest BCUT2D eigenvalue weighted by Gasteiger charge is -2.37. The maximum atomic E-state index is 5.63. The van der Waals surface area contributed by atoms with Crippen molar-refractivity contribution in [3.8, 4) is 5.75 Å². The average molecular weight is 263 g/mol. The predicted molar refractivity (Wildman–Crippen MR) is 77.5 cm³/mol. The first-order valence-corrected chi connectivity index (χ1v) is 7.19. The van der Waals surface area contributed by atoms with E-state index in [2.05, 4.69) is 30.4 Å². The van der Waals surface area contributed by atoms with Gasteiger partial charge in [0.1, 0.15) is 5.75 Å². The second-order valence-corrected chi connectivity index (χ2v) is 5.27. The van der Waals surface area contributed by atoms with Crippen LogP contribution >= 0.6 is 0 Å². The summed E-state index contributed by atoms with van der Waals surface area (Å²) in [5.74, 6) is 1.71. The molecule has 1 aromatic carbocycles. The van der Waals surface area contributed by atoms with Gasteiger partial charge in [-0.3, -0.25) is 0 Å². The van der Waals surface area contributed by atoms with Crippen LogP contribution in [0.3, 0.4) is 0 Å². The highest BCUT2D eigenvalue weighted by atomic mass is 16.5. The molecule has 1 aliphatic carbocycles. The third kappa shape index (κ3) is 3.71. The van der Waals surface area contributed by atoms with Crippen molar-refractivity contribution >= 4 is 0 Å². The Bertz CT molecular complexity index is 388. The molecular formula is C16H25NO2. The normalized spacial score (nSPS) is 23.7. The Morgan fingerprint density at radius 1 is 1.37 bits per heavy atom. The van der Waals surface area contributed by atoms with Crippen molar-refractivity contribution in [2.45, 2.75) is 38.3 Å². The molecule has 0 spiro atoms. The van der Waals surface area contributed by atoms with Gasteiger partial charge in [0.05, 0.1) is 13.2 Å². The Morgan fingerprint density at radius 3 is 2.79 bits per heavy atom. The first-order chi connectivity index (χ1) is 9.26. The van der Waals surface area contributed by atoms with Gasteiger partial charge in [-0.1, -0.05) is 12.1 Å². The molecule has 1 aliphatic rings. The van der Waals surface area contributed by atoms with Gasteiger partial charge in [0.15, 0.2) is 0 Å². The van der Waals surface area contributed by atoms with E-state index in [4.69, 9.17) is 9.47 Å². The van der Waals surface area contributed by atoms with Crippen LogP contribution in [0.25, 0.3) is 0 Å². The van der Waals surface area contributed by atoms with Gasteiger partial charge in [-0.05, 0) is 56.8 Å². The van der Waals surface area contributed by atoms with Gasteiger partial charge in [0, 0.05) is 12.6 Å². The van der Waals surface area contributed by atoms with Crippen LogP contribution < -0.4 is 10.1 Å². The number of rotatable bonds is 7. The van der Waals surface area contributed by atoms with Gasteiger partial charge in [-0.2, -0.15) is 0 Å². The summed E-state index contributed by atoms with van der Waals surface area (Å²) in [7, 11) is 3.74. The molecule has 2 rings (SSSR count). The van der Waals surface area contributed by atoms with Gasteiger partial charge in [-0.25, -0.2) is 0 Å². The van der Waals surface area contributed by atoms with Gasteiger partial charge in [0.25, 0.3) is 0 Å². The van der Waals surface area contributed by atoms with Gasteiger partial charge >= 0.3 is 0 Å². The van der Waals surface area contributed by atoms with Gasteiger partial charge in [-0.15, -0.1) is 0 Å². The van der Waals surface area contributed by atoms with Crippen molar-refractivity contribution in [2.24, 2.45) is 5.92 Å². The molecule has 3 nitrogen and oxygen atoms in total. The van der Waals surface area contributed by atoms with E-state index in [-0.39, 0.29) is 0 Å². The summed E-state index contributed by atoms with van der Waals surface area (Å²) in [5.41, 5.74) is 1.31. The van der Waals surface area contributed by atoms with Crippen LogP contribution in [0.1, 0.15) is 37.8 Å². The van der Waals surface area contributed by atoms with Crippen LogP contribution in [0.5, 0.6) is 5.75 Å². The van der Waals surface area contributed by atoms with Crippen LogP contribution in [0.2, 0.25) is 0 Å². The highest BCUT2D eigenvalue weighted by Crippen LogP contribution is 2.37. The lowest BCUT2D eigenvalue weighted by molar-refractivity contribution is -0.0289. The maximum absolute atomic E-state index is 5.63. The van der Waals surface area contributed by atoms with E-state index in [0.29, 0.717) is 12.1 Å². The molecule has 1 fully saturated rings. The summed E-state index contributed by atoms with van der Waals surface area (Å²) in [6.45, 7) is 2.91. The minimum atomic E-state index is 0.405. The zero-order valence-corrected chi connectivity index (χ0v) is 12.2. The first-order valence-electron chi connectivity index (χ1n) is 7.19. The molecule has 3 heteroatoms. The van der Waals surface area contributed by atoms with E-state index in [1.165, 1.54) is 24.8 Å². The van der Waals surface area contributed by atoms with E-state index in [1.54, 1.807) is 7.11 Å². The summed E-state index contributed by atoms with van der Waals surface area (Å²) in [6.07, 6.45) is 4.08. The molecule has 1 unspecified atom stereocenters. The molecule has 106 valence electrons. The van der Waals surface area contributed by atoms with E-state index in [0.717, 1.165) is 18.3 Å². The lowest BCUT2D eigenvalue weighted by Crippen LogP contribution is -2.34. The van der Waals surface area contributed by atoms with E-state index in [1.807, 2.05) is 13.1 Å². The number of hydrogen-bond donors (Lipinski definition) is 1. The highest BCUT2D eigenvalue weighted by molar-refractivity contribution is 5.30. The number of nitrogens with one attached hydrogen (secondary N) is 1. The van der Waals surface area contributed by atoms with Crippen LogP contribution in [0.15, 0.2) is 24.3 Å². The molecule has 19 heavy (non-hydrogen) atoms. The Morgan fingerprint density at radius 2 is 2.16 bits per heavy atom. The third-order valence-electron chi connectivity index (χ3n) is 4.01. The molecule has 0 aliphatic heterocycles. The molecule has 0 amide bonds. The zero-order chi connectivity index (χ0) is 13.7. The molecular weight excluding hydrogens is 238 g/mol. The Kier molecular flexibility index (Phi) is 5.23. The van der Waals surface area contributed by atoms with Gasteiger partial charge < -0.3 is 14.8 Å². The smallest absolute Gasteiger partial charge is 0.119 e. The van der Waals surface area contributed by atoms with Crippen molar-refractivity contribution in [1.82, 2.24) is 5.32 Å². The minimum Gasteiger partial charge on any atom is -0.497 e. The molecule has 1 aromatic rings.